The van der Waals surface area contributed by atoms with Crippen LogP contribution < -0.4 is 0 Å². The van der Waals surface area contributed by atoms with Gasteiger partial charge in [-0.25, -0.2) is 0 Å². The molecular formula is C29H49NO7. The number of methoxy groups -OCH3 is 1. The standard InChI is InChI=1S/C29H49NO7/c1-19-17-23(15-16-31)21(3)29(34-7)25(32)18-27(33)35-20(2)11-9-8-10-12-26(19)37-28-14-13-24(30(5)6)22(4)36-28/h8-10,12,16,19-26,28-29,32H,11,13-15,17-18H2,1-7H3/b9-8+,12-10+. The van der Waals surface area contributed by atoms with Crippen LogP contribution in [-0.4, -0.2) is 86.3 Å². The first-order valence-electron chi connectivity index (χ1n) is 13.7. The van der Waals surface area contributed by atoms with Gasteiger partial charge in [0.2, 0.25) is 0 Å². The number of aldehydes is 1. The molecule has 2 aliphatic heterocycles. The zero-order valence-corrected chi connectivity index (χ0v) is 23.7. The van der Waals surface area contributed by atoms with E-state index in [2.05, 4.69) is 32.8 Å². The molecule has 37 heavy (non-hydrogen) atoms. The fourth-order valence-corrected chi connectivity index (χ4v) is 5.64. The molecular weight excluding hydrogens is 474 g/mol. The predicted molar refractivity (Wildman–Crippen MR) is 143 cm³/mol. The van der Waals surface area contributed by atoms with E-state index >= 15 is 0 Å². The Kier molecular flexibility index (Phi) is 13.5. The number of aliphatic hydroxyl groups is 1. The second-order valence-electron chi connectivity index (χ2n) is 11.0. The maximum atomic E-state index is 12.4. The summed E-state index contributed by atoms with van der Waals surface area (Å²) in [5.74, 6) is -0.609. The lowest BCUT2D eigenvalue weighted by molar-refractivity contribution is -0.224. The van der Waals surface area contributed by atoms with Crippen LogP contribution in [0.4, 0.5) is 0 Å². The number of carbonyl (C=O) groups excluding carboxylic acids is 2. The SMILES string of the molecule is COC1C(O)CC(=O)OC(C)C/C=C/C=C/C(OC2CCC(N(C)C)C(C)O2)C(C)CC(CC=O)C1C. The Hall–Kier alpha value is -1.58. The summed E-state index contributed by atoms with van der Waals surface area (Å²) >= 11 is 0. The molecule has 8 nitrogen and oxygen atoms in total. The Morgan fingerprint density at radius 1 is 1.16 bits per heavy atom. The molecule has 0 amide bonds. The molecule has 8 heteroatoms. The van der Waals surface area contributed by atoms with Gasteiger partial charge in [0.1, 0.15) is 12.4 Å². The van der Waals surface area contributed by atoms with Crippen molar-refractivity contribution in [2.24, 2.45) is 17.8 Å². The van der Waals surface area contributed by atoms with E-state index < -0.39 is 18.2 Å². The number of cyclic esters (lactones) is 1. The van der Waals surface area contributed by atoms with Gasteiger partial charge in [0.25, 0.3) is 0 Å². The molecule has 0 spiro atoms. The second-order valence-corrected chi connectivity index (χ2v) is 11.0. The lowest BCUT2D eigenvalue weighted by Gasteiger charge is -2.40. The van der Waals surface area contributed by atoms with Gasteiger partial charge in [0.05, 0.1) is 30.8 Å². The van der Waals surface area contributed by atoms with E-state index in [4.69, 9.17) is 18.9 Å². The number of allylic oxidation sites excluding steroid dienone is 2. The number of esters is 1. The van der Waals surface area contributed by atoms with Gasteiger partial charge in [-0.15, -0.1) is 0 Å². The van der Waals surface area contributed by atoms with E-state index in [-0.39, 0.29) is 48.8 Å². The average molecular weight is 524 g/mol. The Labute approximate surface area is 223 Å². The van der Waals surface area contributed by atoms with Crippen molar-refractivity contribution in [3.8, 4) is 0 Å². The van der Waals surface area contributed by atoms with Crippen LogP contribution in [0.25, 0.3) is 0 Å². The highest BCUT2D eigenvalue weighted by atomic mass is 16.7. The summed E-state index contributed by atoms with van der Waals surface area (Å²) < 4.78 is 23.9. The monoisotopic (exact) mass is 523 g/mol. The Balaban J connectivity index is 2.27. The largest absolute Gasteiger partial charge is 0.462 e. The average Bonchev–Trinajstić information content (AvgIpc) is 2.82. The highest BCUT2D eigenvalue weighted by Crippen LogP contribution is 2.33. The lowest BCUT2D eigenvalue weighted by Crippen LogP contribution is -2.46. The van der Waals surface area contributed by atoms with E-state index in [0.717, 1.165) is 19.1 Å². The third-order valence-corrected chi connectivity index (χ3v) is 7.85. The summed E-state index contributed by atoms with van der Waals surface area (Å²) in [6.45, 7) is 8.01. The van der Waals surface area contributed by atoms with Gasteiger partial charge in [0, 0.05) is 26.0 Å². The number of hydrogen-bond donors (Lipinski definition) is 1. The van der Waals surface area contributed by atoms with E-state index in [1.54, 1.807) is 0 Å². The number of hydrogen-bond acceptors (Lipinski definition) is 8. The molecule has 10 atom stereocenters. The molecule has 1 fully saturated rings. The first-order chi connectivity index (χ1) is 17.6. The van der Waals surface area contributed by atoms with E-state index in [1.807, 2.05) is 38.2 Å². The molecule has 0 aromatic heterocycles. The second kappa shape index (κ2) is 15.7. The quantitative estimate of drug-likeness (QED) is 0.414. The third-order valence-electron chi connectivity index (χ3n) is 7.85. The maximum absolute atomic E-state index is 12.4. The molecule has 0 radical (unpaired) electrons. The van der Waals surface area contributed by atoms with Crippen molar-refractivity contribution in [3.05, 3.63) is 24.3 Å². The molecule has 0 aliphatic carbocycles. The number of likely N-dealkylation sites (N-methyl/N-ethyl adjacent to an activating group) is 1. The molecule has 0 saturated carbocycles. The summed E-state index contributed by atoms with van der Waals surface area (Å²) in [6.07, 6.45) is 9.67. The summed E-state index contributed by atoms with van der Waals surface area (Å²) in [7, 11) is 5.68. The smallest absolute Gasteiger partial charge is 0.308 e. The van der Waals surface area contributed by atoms with E-state index in [1.165, 1.54) is 7.11 Å². The van der Waals surface area contributed by atoms with E-state index in [9.17, 15) is 14.7 Å². The van der Waals surface area contributed by atoms with Gasteiger partial charge in [-0.1, -0.05) is 38.2 Å². The van der Waals surface area contributed by atoms with Gasteiger partial charge < -0.3 is 33.7 Å². The molecule has 1 N–H and O–H groups in total. The molecule has 212 valence electrons. The van der Waals surface area contributed by atoms with Crippen LogP contribution >= 0.6 is 0 Å². The number of aliphatic hydroxyl groups excluding tert-OH is 1. The fourth-order valence-electron chi connectivity index (χ4n) is 5.64. The fraction of sp³-hybridized carbons (Fsp3) is 0.793. The minimum Gasteiger partial charge on any atom is -0.462 e. The number of ether oxygens (including phenoxy) is 4. The summed E-state index contributed by atoms with van der Waals surface area (Å²) in [5, 5.41) is 10.8. The Morgan fingerprint density at radius 3 is 2.51 bits per heavy atom. The number of carbonyl (C=O) groups is 2. The minimum atomic E-state index is -1.03. The highest BCUT2D eigenvalue weighted by Gasteiger charge is 2.36. The van der Waals surface area contributed by atoms with Crippen molar-refractivity contribution in [3.63, 3.8) is 0 Å². The lowest BCUT2D eigenvalue weighted by atomic mass is 9.78. The van der Waals surface area contributed by atoms with Crippen molar-refractivity contribution < 1.29 is 33.6 Å². The number of rotatable bonds is 6. The van der Waals surface area contributed by atoms with Crippen molar-refractivity contribution >= 4 is 12.3 Å². The first kappa shape index (κ1) is 31.6. The highest BCUT2D eigenvalue weighted by molar-refractivity contribution is 5.70. The Morgan fingerprint density at radius 2 is 1.89 bits per heavy atom. The van der Waals surface area contributed by atoms with Gasteiger partial charge >= 0.3 is 5.97 Å². The number of nitrogens with zero attached hydrogens (tertiary/aromatic N) is 1. The third kappa shape index (κ3) is 9.91. The maximum Gasteiger partial charge on any atom is 0.308 e. The zero-order chi connectivity index (χ0) is 27.5. The van der Waals surface area contributed by atoms with Crippen molar-refractivity contribution in [2.75, 3.05) is 21.2 Å². The van der Waals surface area contributed by atoms with Crippen LogP contribution in [0.15, 0.2) is 24.3 Å². The Bertz CT molecular complexity index is 755. The van der Waals surface area contributed by atoms with Gasteiger partial charge in [-0.3, -0.25) is 4.79 Å². The molecule has 2 aliphatic rings. The summed E-state index contributed by atoms with van der Waals surface area (Å²) in [4.78, 5) is 26.2. The normalized spacial score (nSPS) is 40.6. The molecule has 1 saturated heterocycles. The van der Waals surface area contributed by atoms with Crippen LogP contribution in [0.2, 0.25) is 0 Å². The molecule has 0 bridgehead atoms. The van der Waals surface area contributed by atoms with Gasteiger partial charge in [-0.2, -0.15) is 0 Å². The first-order valence-corrected chi connectivity index (χ1v) is 13.7. The van der Waals surface area contributed by atoms with Crippen molar-refractivity contribution in [1.82, 2.24) is 4.90 Å². The van der Waals surface area contributed by atoms with Crippen LogP contribution in [0.3, 0.4) is 0 Å². The van der Waals surface area contributed by atoms with Crippen LogP contribution in [0.1, 0.15) is 66.2 Å². The van der Waals surface area contributed by atoms with Gasteiger partial charge in [-0.05, 0) is 65.0 Å². The topological polar surface area (TPSA) is 94.5 Å². The minimum absolute atomic E-state index is 0.0608. The molecule has 10 unspecified atom stereocenters. The zero-order valence-electron chi connectivity index (χ0n) is 23.7. The van der Waals surface area contributed by atoms with Crippen LogP contribution in [0, 0.1) is 17.8 Å². The molecule has 0 aromatic carbocycles. The summed E-state index contributed by atoms with van der Waals surface area (Å²) in [6, 6.07) is 0.360. The predicted octanol–water partition coefficient (Wildman–Crippen LogP) is 3.91. The van der Waals surface area contributed by atoms with Crippen molar-refractivity contribution in [1.29, 1.82) is 0 Å². The molecule has 2 rings (SSSR count). The van der Waals surface area contributed by atoms with Crippen LogP contribution in [0.5, 0.6) is 0 Å². The summed E-state index contributed by atoms with van der Waals surface area (Å²) in [5.41, 5.74) is 0. The molecule has 2 heterocycles. The van der Waals surface area contributed by atoms with E-state index in [0.29, 0.717) is 25.3 Å². The van der Waals surface area contributed by atoms with Crippen LogP contribution in [-0.2, 0) is 28.5 Å². The van der Waals surface area contributed by atoms with Crippen molar-refractivity contribution in [2.45, 2.75) is 109 Å². The molecule has 0 aromatic rings. The van der Waals surface area contributed by atoms with Gasteiger partial charge in [0.15, 0.2) is 6.29 Å².